The van der Waals surface area contributed by atoms with Crippen molar-refractivity contribution in [2.24, 2.45) is 0 Å². The van der Waals surface area contributed by atoms with Gasteiger partial charge in [-0.25, -0.2) is 18.0 Å². The molecule has 0 saturated carbocycles. The standard InChI is InChI=1S/C5H7F3O3/c1-3(6)11-5(9)10-2-4(7)8/h3-4H,2H2,1H3. The molecule has 11 heavy (non-hydrogen) atoms. The number of alkyl halides is 3. The van der Waals surface area contributed by atoms with Crippen molar-refractivity contribution in [1.29, 1.82) is 0 Å². The van der Waals surface area contributed by atoms with Gasteiger partial charge in [-0.2, -0.15) is 0 Å². The molecule has 66 valence electrons. The molecule has 0 aromatic rings. The first-order valence-electron chi connectivity index (χ1n) is 2.78. The van der Waals surface area contributed by atoms with Gasteiger partial charge in [0.15, 0.2) is 6.61 Å². The van der Waals surface area contributed by atoms with Crippen LogP contribution in [0.1, 0.15) is 6.92 Å². The van der Waals surface area contributed by atoms with Crippen molar-refractivity contribution in [3.05, 3.63) is 0 Å². The average molecular weight is 172 g/mol. The third-order valence-corrected chi connectivity index (χ3v) is 0.586. The predicted molar refractivity (Wildman–Crippen MR) is 29.0 cm³/mol. The van der Waals surface area contributed by atoms with Crippen LogP contribution in [0.4, 0.5) is 18.0 Å². The molecule has 0 aliphatic rings. The SMILES string of the molecule is CC(F)OC(=O)OCC(F)F. The molecule has 0 aromatic heterocycles. The van der Waals surface area contributed by atoms with Crippen LogP contribution in [0.3, 0.4) is 0 Å². The number of ether oxygens (including phenoxy) is 2. The first kappa shape index (κ1) is 10.1. The molecule has 0 radical (unpaired) electrons. The summed E-state index contributed by atoms with van der Waals surface area (Å²) >= 11 is 0. The van der Waals surface area contributed by atoms with Gasteiger partial charge in [0.25, 0.3) is 6.43 Å². The van der Waals surface area contributed by atoms with Crippen LogP contribution in [-0.4, -0.2) is 25.5 Å². The lowest BCUT2D eigenvalue weighted by atomic mass is 10.8. The highest BCUT2D eigenvalue weighted by atomic mass is 19.3. The van der Waals surface area contributed by atoms with Crippen LogP contribution in [0.25, 0.3) is 0 Å². The Morgan fingerprint density at radius 3 is 2.36 bits per heavy atom. The van der Waals surface area contributed by atoms with Crippen molar-refractivity contribution in [3.8, 4) is 0 Å². The third kappa shape index (κ3) is 6.95. The number of hydrogen-bond donors (Lipinski definition) is 0. The maximum atomic E-state index is 11.8. The first-order valence-corrected chi connectivity index (χ1v) is 2.78. The summed E-state index contributed by atoms with van der Waals surface area (Å²) in [6.45, 7) is -0.144. The summed E-state index contributed by atoms with van der Waals surface area (Å²) in [6, 6.07) is 0. The lowest BCUT2D eigenvalue weighted by Crippen LogP contribution is -2.15. The third-order valence-electron chi connectivity index (χ3n) is 0.586. The largest absolute Gasteiger partial charge is 0.511 e. The highest BCUT2D eigenvalue weighted by Gasteiger charge is 2.11. The molecule has 0 aromatic carbocycles. The minimum Gasteiger partial charge on any atom is -0.428 e. The summed E-state index contributed by atoms with van der Waals surface area (Å²) in [5.74, 6) is 0. The van der Waals surface area contributed by atoms with E-state index in [2.05, 4.69) is 9.47 Å². The van der Waals surface area contributed by atoms with Gasteiger partial charge >= 0.3 is 6.16 Å². The van der Waals surface area contributed by atoms with E-state index in [9.17, 15) is 18.0 Å². The Morgan fingerprint density at radius 1 is 1.45 bits per heavy atom. The van der Waals surface area contributed by atoms with E-state index >= 15 is 0 Å². The topological polar surface area (TPSA) is 35.5 Å². The Balaban J connectivity index is 3.38. The van der Waals surface area contributed by atoms with Crippen LogP contribution in [0.5, 0.6) is 0 Å². The molecule has 0 bridgehead atoms. The van der Waals surface area contributed by atoms with Gasteiger partial charge in [0.2, 0.25) is 6.36 Å². The number of hydrogen-bond acceptors (Lipinski definition) is 3. The number of carbonyl (C=O) groups is 1. The van der Waals surface area contributed by atoms with Crippen LogP contribution < -0.4 is 0 Å². The average Bonchev–Trinajstić information content (AvgIpc) is 1.82. The Hall–Kier alpha value is -0.940. The molecule has 0 saturated heterocycles. The number of halogens is 3. The zero-order valence-corrected chi connectivity index (χ0v) is 5.72. The van der Waals surface area contributed by atoms with Crippen molar-refractivity contribution in [2.45, 2.75) is 19.7 Å². The Labute approximate surface area is 61.1 Å². The summed E-state index contributed by atoms with van der Waals surface area (Å²) in [5.41, 5.74) is 0. The fourth-order valence-electron chi connectivity index (χ4n) is 0.298. The molecule has 0 heterocycles. The molecule has 0 aliphatic carbocycles. The molecule has 3 nitrogen and oxygen atoms in total. The molecule has 1 atom stereocenters. The Morgan fingerprint density at radius 2 is 2.00 bits per heavy atom. The maximum absolute atomic E-state index is 11.8. The van der Waals surface area contributed by atoms with E-state index in [4.69, 9.17) is 0 Å². The lowest BCUT2D eigenvalue weighted by Gasteiger charge is -2.05. The lowest BCUT2D eigenvalue weighted by molar-refractivity contribution is -0.0400. The van der Waals surface area contributed by atoms with Crippen molar-refractivity contribution in [2.75, 3.05) is 6.61 Å². The molecular weight excluding hydrogens is 165 g/mol. The van der Waals surface area contributed by atoms with Gasteiger partial charge in [0, 0.05) is 6.92 Å². The predicted octanol–water partition coefficient (Wildman–Crippen LogP) is 1.72. The summed E-state index contributed by atoms with van der Waals surface area (Å²) < 4.78 is 41.9. The smallest absolute Gasteiger partial charge is 0.428 e. The van der Waals surface area contributed by atoms with E-state index < -0.39 is 25.5 Å². The normalized spacial score (nSPS) is 12.8. The van der Waals surface area contributed by atoms with Gasteiger partial charge in [0.1, 0.15) is 0 Å². The quantitative estimate of drug-likeness (QED) is 0.608. The van der Waals surface area contributed by atoms with E-state index in [1.54, 1.807) is 0 Å². The monoisotopic (exact) mass is 172 g/mol. The molecule has 0 spiro atoms. The minimum absolute atomic E-state index is 0.934. The summed E-state index contributed by atoms with van der Waals surface area (Å²) in [5, 5.41) is 0. The zero-order valence-electron chi connectivity index (χ0n) is 5.72. The van der Waals surface area contributed by atoms with E-state index in [0.717, 1.165) is 6.92 Å². The maximum Gasteiger partial charge on any atom is 0.511 e. The molecule has 1 unspecified atom stereocenters. The second-order valence-electron chi connectivity index (χ2n) is 1.61. The minimum atomic E-state index is -2.77. The zero-order chi connectivity index (χ0) is 8.85. The number of rotatable bonds is 3. The summed E-state index contributed by atoms with van der Waals surface area (Å²) in [4.78, 5) is 10.1. The second kappa shape index (κ2) is 4.81. The molecule has 6 heteroatoms. The van der Waals surface area contributed by atoms with Gasteiger partial charge in [-0.1, -0.05) is 0 Å². The van der Waals surface area contributed by atoms with Crippen molar-refractivity contribution >= 4 is 6.16 Å². The van der Waals surface area contributed by atoms with Crippen molar-refractivity contribution in [1.82, 2.24) is 0 Å². The van der Waals surface area contributed by atoms with Gasteiger partial charge in [-0.05, 0) is 0 Å². The van der Waals surface area contributed by atoms with Crippen LogP contribution in [-0.2, 0) is 9.47 Å². The fourth-order valence-corrected chi connectivity index (χ4v) is 0.298. The van der Waals surface area contributed by atoms with E-state index in [1.165, 1.54) is 0 Å². The van der Waals surface area contributed by atoms with E-state index in [-0.39, 0.29) is 0 Å². The van der Waals surface area contributed by atoms with Gasteiger partial charge in [0.05, 0.1) is 0 Å². The highest BCUT2D eigenvalue weighted by Crippen LogP contribution is 1.98. The number of carbonyl (C=O) groups excluding carboxylic acids is 1. The Bertz CT molecular complexity index is 126. The first-order chi connectivity index (χ1) is 5.02. The molecular formula is C5H7F3O3. The molecule has 0 rings (SSSR count). The van der Waals surface area contributed by atoms with Gasteiger partial charge < -0.3 is 9.47 Å². The van der Waals surface area contributed by atoms with Gasteiger partial charge in [-0.15, -0.1) is 0 Å². The van der Waals surface area contributed by atoms with Crippen LogP contribution in [0.2, 0.25) is 0 Å². The van der Waals surface area contributed by atoms with Crippen LogP contribution >= 0.6 is 0 Å². The molecule has 0 aliphatic heterocycles. The summed E-state index contributed by atoms with van der Waals surface area (Å²) in [6.07, 6.45) is -6.04. The second-order valence-corrected chi connectivity index (χ2v) is 1.61. The van der Waals surface area contributed by atoms with Crippen molar-refractivity contribution < 1.29 is 27.4 Å². The highest BCUT2D eigenvalue weighted by molar-refractivity contribution is 5.59. The van der Waals surface area contributed by atoms with E-state index in [1.807, 2.05) is 0 Å². The summed E-state index contributed by atoms with van der Waals surface area (Å²) in [7, 11) is 0. The molecule has 0 amide bonds. The van der Waals surface area contributed by atoms with Gasteiger partial charge in [-0.3, -0.25) is 0 Å². The van der Waals surface area contributed by atoms with Crippen LogP contribution in [0, 0.1) is 0 Å². The fraction of sp³-hybridized carbons (Fsp3) is 0.800. The molecule has 0 N–H and O–H groups in total. The molecule has 0 fully saturated rings. The van der Waals surface area contributed by atoms with Crippen molar-refractivity contribution in [3.63, 3.8) is 0 Å². The Kier molecular flexibility index (Phi) is 4.40. The van der Waals surface area contributed by atoms with E-state index in [0.29, 0.717) is 0 Å². The van der Waals surface area contributed by atoms with Crippen LogP contribution in [0.15, 0.2) is 0 Å².